The summed E-state index contributed by atoms with van der Waals surface area (Å²) < 4.78 is 50.5. The molecule has 0 radical (unpaired) electrons. The zero-order chi connectivity index (χ0) is 27.8. The van der Waals surface area contributed by atoms with Gasteiger partial charge in [-0.25, -0.2) is 13.2 Å². The summed E-state index contributed by atoms with van der Waals surface area (Å²) in [6.07, 6.45) is 12.4. The second-order valence-electron chi connectivity index (χ2n) is 11.8. The fourth-order valence-electron chi connectivity index (χ4n) is 6.77. The molecule has 214 valence electrons. The van der Waals surface area contributed by atoms with Crippen molar-refractivity contribution in [1.29, 1.82) is 0 Å². The maximum atomic E-state index is 15.1. The van der Waals surface area contributed by atoms with Crippen molar-refractivity contribution in [3.63, 3.8) is 0 Å². The minimum atomic E-state index is -0.688. The van der Waals surface area contributed by atoms with Crippen molar-refractivity contribution in [3.8, 4) is 5.75 Å². The lowest BCUT2D eigenvalue weighted by molar-refractivity contribution is 0.0727. The average Bonchev–Trinajstić information content (AvgIpc) is 2.95. The predicted molar refractivity (Wildman–Crippen MR) is 152 cm³/mol. The lowest BCUT2D eigenvalue weighted by atomic mass is 9.75. The number of benzene rings is 2. The molecule has 2 aliphatic rings. The normalized spacial score (nSPS) is 24.3. The predicted octanol–water partition coefficient (Wildman–Crippen LogP) is 9.40. The summed E-state index contributed by atoms with van der Waals surface area (Å²) in [5.41, 5.74) is 1.71. The first-order valence-electron chi connectivity index (χ1n) is 15.1. The Labute approximate surface area is 232 Å². The van der Waals surface area contributed by atoms with Crippen molar-refractivity contribution >= 4 is 0 Å². The number of hydrogen-bond donors (Lipinski definition) is 1. The average molecular weight is 543 g/mol. The van der Waals surface area contributed by atoms with Gasteiger partial charge in [0, 0.05) is 6.07 Å². The van der Waals surface area contributed by atoms with Crippen molar-refractivity contribution < 1.29 is 23.0 Å². The number of hydrogen-bond acceptors (Lipinski definition) is 2. The van der Waals surface area contributed by atoms with Gasteiger partial charge in [-0.1, -0.05) is 37.6 Å². The lowest BCUT2D eigenvalue weighted by Gasteiger charge is -2.32. The van der Waals surface area contributed by atoms with Crippen LogP contribution in [0, 0.1) is 29.3 Å². The third kappa shape index (κ3) is 7.68. The lowest BCUT2D eigenvalue weighted by Crippen LogP contribution is -2.25. The zero-order valence-corrected chi connectivity index (χ0v) is 23.4. The van der Waals surface area contributed by atoms with Crippen molar-refractivity contribution in [3.05, 3.63) is 77.1 Å². The second-order valence-corrected chi connectivity index (χ2v) is 11.8. The van der Waals surface area contributed by atoms with Crippen molar-refractivity contribution in [2.75, 3.05) is 6.61 Å². The molecule has 4 rings (SSSR count). The second kappa shape index (κ2) is 14.4. The van der Waals surface area contributed by atoms with Crippen LogP contribution in [-0.2, 0) is 6.42 Å². The van der Waals surface area contributed by atoms with Gasteiger partial charge in [-0.15, -0.1) is 6.58 Å². The summed E-state index contributed by atoms with van der Waals surface area (Å²) in [7, 11) is 0. The number of ether oxygens (including phenoxy) is 1. The topological polar surface area (TPSA) is 29.5 Å². The molecule has 0 heterocycles. The summed E-state index contributed by atoms with van der Waals surface area (Å²) in [5, 5.41) is 10.3. The molecule has 2 aromatic rings. The van der Waals surface area contributed by atoms with Crippen molar-refractivity contribution in [2.45, 2.75) is 108 Å². The van der Waals surface area contributed by atoms with E-state index in [-0.39, 0.29) is 29.7 Å². The van der Waals surface area contributed by atoms with Gasteiger partial charge in [0.2, 0.25) is 0 Å². The van der Waals surface area contributed by atoms with E-state index in [0.717, 1.165) is 82.6 Å². The van der Waals surface area contributed by atoms with Gasteiger partial charge in [-0.3, -0.25) is 0 Å². The number of rotatable bonds is 12. The van der Waals surface area contributed by atoms with Gasteiger partial charge in [0.15, 0.2) is 11.6 Å². The summed E-state index contributed by atoms with van der Waals surface area (Å²) in [4.78, 5) is 0. The van der Waals surface area contributed by atoms with Crippen LogP contribution in [0.4, 0.5) is 13.2 Å². The van der Waals surface area contributed by atoms with E-state index in [2.05, 4.69) is 13.5 Å². The highest BCUT2D eigenvalue weighted by atomic mass is 19.2. The molecule has 2 nitrogen and oxygen atoms in total. The highest BCUT2D eigenvalue weighted by molar-refractivity contribution is 5.32. The van der Waals surface area contributed by atoms with Gasteiger partial charge in [-0.05, 0) is 123 Å². The molecule has 1 N–H and O–H groups in total. The first kappa shape index (κ1) is 29.7. The Hall–Kier alpha value is -2.27. The largest absolute Gasteiger partial charge is 0.493 e. The minimum Gasteiger partial charge on any atom is -0.493 e. The first-order valence-corrected chi connectivity index (χ1v) is 15.1. The molecule has 39 heavy (non-hydrogen) atoms. The summed E-state index contributed by atoms with van der Waals surface area (Å²) in [6.45, 7) is 6.23. The maximum absolute atomic E-state index is 15.1. The molecule has 1 unspecified atom stereocenters. The van der Waals surface area contributed by atoms with Crippen LogP contribution >= 0.6 is 0 Å². The molecular formula is C34H45F3O2. The maximum Gasteiger partial charge on any atom is 0.162 e. The van der Waals surface area contributed by atoms with Gasteiger partial charge in [0.1, 0.15) is 11.6 Å². The molecule has 2 aromatic carbocycles. The van der Waals surface area contributed by atoms with E-state index in [1.807, 2.05) is 12.1 Å². The first-order chi connectivity index (χ1) is 18.9. The highest BCUT2D eigenvalue weighted by Gasteiger charge is 2.30. The van der Waals surface area contributed by atoms with E-state index in [9.17, 15) is 9.50 Å². The van der Waals surface area contributed by atoms with E-state index in [1.54, 1.807) is 18.2 Å². The number of aliphatic hydroxyl groups is 1. The van der Waals surface area contributed by atoms with Crippen LogP contribution < -0.4 is 4.74 Å². The fourth-order valence-corrected chi connectivity index (χ4v) is 6.77. The van der Waals surface area contributed by atoms with E-state index in [4.69, 9.17) is 4.74 Å². The standard InChI is InChI=1S/C34H45F3O2/c1-3-5-21-39-28-18-20-29(31(35)22-28)24-10-7-23(8-11-24)9-12-27-17-19-30(34(37)33(27)36)25-13-15-26(16-14-25)32(38)6-4-2/h3,17-20,22-26,32,38H,1,4-16,21H2,2H3. The van der Waals surface area contributed by atoms with Crippen LogP contribution in [-0.4, -0.2) is 17.8 Å². The van der Waals surface area contributed by atoms with Gasteiger partial charge in [0.25, 0.3) is 0 Å². The smallest absolute Gasteiger partial charge is 0.162 e. The molecule has 2 saturated carbocycles. The SMILES string of the molecule is C=CCCOc1ccc(C2CCC(CCc3ccc(C4CCC(C(O)CCC)CC4)c(F)c3F)CC2)c(F)c1. The molecule has 1 atom stereocenters. The zero-order valence-electron chi connectivity index (χ0n) is 23.4. The Balaban J connectivity index is 1.26. The van der Waals surface area contributed by atoms with Crippen molar-refractivity contribution in [2.24, 2.45) is 11.8 Å². The third-order valence-electron chi connectivity index (χ3n) is 9.20. The van der Waals surface area contributed by atoms with Gasteiger partial charge < -0.3 is 9.84 Å². The highest BCUT2D eigenvalue weighted by Crippen LogP contribution is 2.41. The van der Waals surface area contributed by atoms with Crippen molar-refractivity contribution in [1.82, 2.24) is 0 Å². The summed E-state index contributed by atoms with van der Waals surface area (Å²) >= 11 is 0. The number of aliphatic hydroxyl groups excluding tert-OH is 1. The molecule has 0 saturated heterocycles. The van der Waals surface area contributed by atoms with Crippen LogP contribution in [0.15, 0.2) is 43.0 Å². The molecule has 0 spiro atoms. The Morgan fingerprint density at radius 1 is 0.923 bits per heavy atom. The Kier molecular flexibility index (Phi) is 11.0. The van der Waals surface area contributed by atoms with Gasteiger partial charge in [0.05, 0.1) is 12.7 Å². The Morgan fingerprint density at radius 3 is 2.26 bits per heavy atom. The third-order valence-corrected chi connectivity index (χ3v) is 9.20. The minimum absolute atomic E-state index is 0.0297. The number of aryl methyl sites for hydroxylation is 1. The Bertz CT molecular complexity index is 1070. The molecule has 0 bridgehead atoms. The van der Waals surface area contributed by atoms with Crippen LogP contribution in [0.3, 0.4) is 0 Å². The molecule has 2 fully saturated rings. The molecule has 2 aliphatic carbocycles. The van der Waals surface area contributed by atoms with Crippen LogP contribution in [0.1, 0.15) is 112 Å². The fraction of sp³-hybridized carbons (Fsp3) is 0.588. The molecule has 0 amide bonds. The van der Waals surface area contributed by atoms with E-state index < -0.39 is 11.6 Å². The van der Waals surface area contributed by atoms with Gasteiger partial charge in [-0.2, -0.15) is 0 Å². The van der Waals surface area contributed by atoms with Gasteiger partial charge >= 0.3 is 0 Å². The van der Waals surface area contributed by atoms with Crippen LogP contribution in [0.25, 0.3) is 0 Å². The molecule has 0 aliphatic heterocycles. The Morgan fingerprint density at radius 2 is 1.59 bits per heavy atom. The number of halogens is 3. The van der Waals surface area contributed by atoms with E-state index >= 15 is 8.78 Å². The summed E-state index contributed by atoms with van der Waals surface area (Å²) in [5.74, 6) is -0.0907. The van der Waals surface area contributed by atoms with E-state index in [0.29, 0.717) is 35.8 Å². The molecule has 0 aromatic heterocycles. The van der Waals surface area contributed by atoms with E-state index in [1.165, 1.54) is 6.07 Å². The van der Waals surface area contributed by atoms with Crippen LogP contribution in [0.5, 0.6) is 5.75 Å². The summed E-state index contributed by atoms with van der Waals surface area (Å²) in [6, 6.07) is 8.75. The quantitative estimate of drug-likeness (QED) is 0.214. The molecule has 5 heteroatoms. The molecular weight excluding hydrogens is 497 g/mol. The van der Waals surface area contributed by atoms with Crippen LogP contribution in [0.2, 0.25) is 0 Å². The monoisotopic (exact) mass is 542 g/mol.